The molecule has 9 nitrogen and oxygen atoms in total. The Morgan fingerprint density at radius 1 is 1.47 bits per heavy atom. The highest BCUT2D eigenvalue weighted by atomic mass is 32.3. The summed E-state index contributed by atoms with van der Waals surface area (Å²) in [6, 6.07) is 2.89. The van der Waals surface area contributed by atoms with Gasteiger partial charge >= 0.3 is 17.4 Å². The van der Waals surface area contributed by atoms with Gasteiger partial charge in [-0.1, -0.05) is 23.3 Å². The molecule has 4 N–H and O–H groups in total. The summed E-state index contributed by atoms with van der Waals surface area (Å²) in [6.07, 6.45) is 2.86. The summed E-state index contributed by atoms with van der Waals surface area (Å²) in [5.41, 5.74) is 5.65. The molecule has 2 amide bonds. The molecule has 0 aliphatic carbocycles. The first-order chi connectivity index (χ1) is 14.1. The van der Waals surface area contributed by atoms with E-state index >= 15 is 0 Å². The maximum Gasteiger partial charge on any atom is 0.488 e. The minimum Gasteiger partial charge on any atom is -0.449 e. The highest BCUT2D eigenvalue weighted by molar-refractivity contribution is 7.81. The number of halogens is 1. The summed E-state index contributed by atoms with van der Waals surface area (Å²) >= 11 is 0. The normalized spacial score (nSPS) is 17.5. The first kappa shape index (κ1) is 24.1. The average Bonchev–Trinajstić information content (AvgIpc) is 3.16. The number of nitrogens with two attached hydrogens (primary N) is 1. The van der Waals surface area contributed by atoms with E-state index in [1.54, 1.807) is 4.90 Å². The van der Waals surface area contributed by atoms with Gasteiger partial charge in [0.1, 0.15) is 6.04 Å². The first-order valence-electron chi connectivity index (χ1n) is 9.83. The summed E-state index contributed by atoms with van der Waals surface area (Å²) < 4.78 is 38.8. The molecule has 2 unspecified atom stereocenters. The van der Waals surface area contributed by atoms with E-state index in [1.165, 1.54) is 19.1 Å². The molecular weight excluding hydrogens is 416 g/mol. The van der Waals surface area contributed by atoms with Crippen molar-refractivity contribution in [2.45, 2.75) is 58.0 Å². The third-order valence-corrected chi connectivity index (χ3v) is 5.45. The lowest BCUT2D eigenvalue weighted by Gasteiger charge is -2.29. The van der Waals surface area contributed by atoms with Gasteiger partial charge in [0.25, 0.3) is 5.91 Å². The summed E-state index contributed by atoms with van der Waals surface area (Å²) in [5, 5.41) is 12.8. The Labute approximate surface area is 176 Å². The zero-order chi connectivity index (χ0) is 22.5. The number of nitrogens with zero attached hydrogens (tertiary/aromatic N) is 1. The topological polar surface area (TPSA) is 139 Å². The van der Waals surface area contributed by atoms with E-state index in [0.29, 0.717) is 19.3 Å². The highest BCUT2D eigenvalue weighted by Gasteiger charge is 2.38. The molecule has 0 bridgehead atoms. The molecule has 1 aliphatic heterocycles. The summed E-state index contributed by atoms with van der Waals surface area (Å²) in [6.45, 7) is 3.24. The number of rotatable bonds is 9. The molecular formula is C18H27BFN3O6S. The van der Waals surface area contributed by atoms with Crippen molar-refractivity contribution in [3.8, 4) is 5.75 Å². The van der Waals surface area contributed by atoms with Crippen molar-refractivity contribution in [1.29, 1.82) is 0 Å². The largest absolute Gasteiger partial charge is 0.488 e. The Balaban J connectivity index is 2.11. The van der Waals surface area contributed by atoms with Gasteiger partial charge in [-0.25, -0.2) is 0 Å². The van der Waals surface area contributed by atoms with Crippen molar-refractivity contribution in [3.63, 3.8) is 0 Å². The molecule has 1 aromatic rings. The van der Waals surface area contributed by atoms with E-state index in [0.717, 1.165) is 18.9 Å². The zero-order valence-electron chi connectivity index (χ0n) is 17.0. The van der Waals surface area contributed by atoms with E-state index in [1.807, 2.05) is 6.92 Å². The van der Waals surface area contributed by atoms with E-state index in [4.69, 9.17) is 5.73 Å². The Bertz CT molecular complexity index is 885. The van der Waals surface area contributed by atoms with Crippen LogP contribution < -0.4 is 15.2 Å². The SMILES string of the molecule is CCCB(O)C1CCCN1C(=O)C(C)NC(=O)c1ccc(CN)c(OS(=O)(=O)F)c1. The first-order valence-corrected chi connectivity index (χ1v) is 11.1. The van der Waals surface area contributed by atoms with Crippen molar-refractivity contribution in [2.24, 2.45) is 5.73 Å². The van der Waals surface area contributed by atoms with Crippen molar-refractivity contribution in [1.82, 2.24) is 10.2 Å². The van der Waals surface area contributed by atoms with Gasteiger partial charge in [0, 0.05) is 30.2 Å². The van der Waals surface area contributed by atoms with Crippen LogP contribution >= 0.6 is 0 Å². The molecule has 166 valence electrons. The van der Waals surface area contributed by atoms with E-state index in [-0.39, 0.29) is 29.5 Å². The highest BCUT2D eigenvalue weighted by Crippen LogP contribution is 2.24. The quantitative estimate of drug-likeness (QED) is 0.379. The summed E-state index contributed by atoms with van der Waals surface area (Å²) in [7, 11) is -5.29. The number of amides is 2. The molecule has 0 spiro atoms. The van der Waals surface area contributed by atoms with E-state index in [9.17, 15) is 26.9 Å². The molecule has 12 heteroatoms. The maximum absolute atomic E-state index is 12.9. The van der Waals surface area contributed by atoms with Crippen molar-refractivity contribution in [3.05, 3.63) is 29.3 Å². The number of carbonyl (C=O) groups excluding carboxylic acids is 2. The van der Waals surface area contributed by atoms with Gasteiger partial charge in [-0.2, -0.15) is 8.42 Å². The molecule has 2 rings (SSSR count). The minimum absolute atomic E-state index is 0.0190. The number of benzene rings is 1. The third kappa shape index (κ3) is 6.16. The maximum atomic E-state index is 12.9. The number of likely N-dealkylation sites (tertiary alicyclic amines) is 1. The molecule has 1 aromatic carbocycles. The second kappa shape index (κ2) is 10.2. The van der Waals surface area contributed by atoms with Crippen LogP contribution in [-0.2, 0) is 21.8 Å². The standard InChI is InChI=1S/C18H27BFN3O6S/c1-3-8-19(26)16-5-4-9-23(16)18(25)12(2)22-17(24)13-6-7-14(11-21)15(10-13)29-30(20,27)28/h6-7,10,12,16,26H,3-5,8-9,11,21H2,1-2H3,(H,22,24). The smallest absolute Gasteiger partial charge is 0.449 e. The van der Waals surface area contributed by atoms with E-state index < -0.39 is 35.1 Å². The van der Waals surface area contributed by atoms with Gasteiger partial charge in [0.2, 0.25) is 5.91 Å². The molecule has 1 aliphatic rings. The molecule has 2 atom stereocenters. The van der Waals surface area contributed by atoms with Crippen LogP contribution in [0.1, 0.15) is 49.0 Å². The van der Waals surface area contributed by atoms with Gasteiger partial charge in [0.05, 0.1) is 0 Å². The fraction of sp³-hybridized carbons (Fsp3) is 0.556. The number of nitrogens with one attached hydrogen (secondary N) is 1. The van der Waals surface area contributed by atoms with E-state index in [2.05, 4.69) is 9.50 Å². The third-order valence-electron chi connectivity index (χ3n) is 5.07. The van der Waals surface area contributed by atoms with Gasteiger partial charge in [-0.15, -0.1) is 0 Å². The van der Waals surface area contributed by atoms with Crippen LogP contribution in [-0.4, -0.2) is 55.6 Å². The molecule has 0 saturated carbocycles. The second-order valence-corrected chi connectivity index (χ2v) is 8.25. The lowest BCUT2D eigenvalue weighted by atomic mass is 9.56. The lowest BCUT2D eigenvalue weighted by Crippen LogP contribution is -2.52. The second-order valence-electron chi connectivity index (χ2n) is 7.30. The van der Waals surface area contributed by atoms with Gasteiger partial charge < -0.3 is 25.2 Å². The molecule has 0 radical (unpaired) electrons. The number of hydrogen-bond donors (Lipinski definition) is 3. The van der Waals surface area contributed by atoms with Gasteiger partial charge in [-0.05, 0) is 38.2 Å². The summed E-state index contributed by atoms with van der Waals surface area (Å²) in [5.74, 6) is -1.66. The Hall–Kier alpha value is -2.18. The molecule has 1 fully saturated rings. The molecule has 1 saturated heterocycles. The van der Waals surface area contributed by atoms with Crippen LogP contribution in [0.5, 0.6) is 5.75 Å². The van der Waals surface area contributed by atoms with Crippen LogP contribution in [0.4, 0.5) is 3.89 Å². The fourth-order valence-corrected chi connectivity index (χ4v) is 3.96. The fourth-order valence-electron chi connectivity index (χ4n) is 3.59. The molecule has 0 aromatic heterocycles. The van der Waals surface area contributed by atoms with Crippen molar-refractivity contribution in [2.75, 3.05) is 6.54 Å². The Morgan fingerprint density at radius 2 is 2.17 bits per heavy atom. The molecule has 30 heavy (non-hydrogen) atoms. The minimum atomic E-state index is -5.29. The Kier molecular flexibility index (Phi) is 8.21. The van der Waals surface area contributed by atoms with Crippen LogP contribution in [0.3, 0.4) is 0 Å². The van der Waals surface area contributed by atoms with Gasteiger partial charge in [0.15, 0.2) is 5.75 Å². The lowest BCUT2D eigenvalue weighted by molar-refractivity contribution is -0.132. The number of carbonyl (C=O) groups is 2. The Morgan fingerprint density at radius 3 is 2.77 bits per heavy atom. The van der Waals surface area contributed by atoms with Crippen molar-refractivity contribution >= 4 is 29.2 Å². The van der Waals surface area contributed by atoms with Gasteiger partial charge in [-0.3, -0.25) is 9.59 Å². The van der Waals surface area contributed by atoms with Crippen LogP contribution in [0.15, 0.2) is 18.2 Å². The monoisotopic (exact) mass is 443 g/mol. The summed E-state index contributed by atoms with van der Waals surface area (Å²) in [4.78, 5) is 27.0. The number of hydrogen-bond acceptors (Lipinski definition) is 7. The predicted octanol–water partition coefficient (Wildman–Crippen LogP) is 0.781. The predicted molar refractivity (Wildman–Crippen MR) is 110 cm³/mol. The average molecular weight is 443 g/mol. The van der Waals surface area contributed by atoms with Crippen LogP contribution in [0, 0.1) is 0 Å². The van der Waals surface area contributed by atoms with Crippen LogP contribution in [0.2, 0.25) is 6.32 Å². The zero-order valence-corrected chi connectivity index (χ0v) is 17.8. The van der Waals surface area contributed by atoms with Crippen molar-refractivity contribution < 1.29 is 31.1 Å². The van der Waals surface area contributed by atoms with Crippen LogP contribution in [0.25, 0.3) is 0 Å². The molecule has 1 heterocycles.